The molecular formula is C28H42N2OS. The third-order valence-corrected chi connectivity index (χ3v) is 8.96. The first kappa shape index (κ1) is 23.9. The van der Waals surface area contributed by atoms with E-state index in [9.17, 15) is 0 Å². The second kappa shape index (κ2) is 9.95. The van der Waals surface area contributed by atoms with Crippen molar-refractivity contribution in [2.45, 2.75) is 89.9 Å². The number of thiazole rings is 1. The number of nitrogens with one attached hydrogen (secondary N) is 1. The topological polar surface area (TPSA) is 45.1 Å². The Morgan fingerprint density at radius 1 is 1.00 bits per heavy atom. The molecule has 176 valence electrons. The SMILES string of the molecule is CC1(C)CCC(C)(C)c2cc(-c3csc(CC4CCCC(CNCCO)CC4)n3)ccc21. The van der Waals surface area contributed by atoms with Crippen LogP contribution in [0, 0.1) is 11.8 Å². The van der Waals surface area contributed by atoms with Gasteiger partial charge < -0.3 is 10.4 Å². The average Bonchev–Trinajstić information content (AvgIpc) is 3.11. The summed E-state index contributed by atoms with van der Waals surface area (Å²) in [5.74, 6) is 1.53. The Bertz CT molecular complexity index is 901. The summed E-state index contributed by atoms with van der Waals surface area (Å²) >= 11 is 1.85. The largest absolute Gasteiger partial charge is 0.395 e. The minimum atomic E-state index is 0.237. The molecule has 1 heterocycles. The van der Waals surface area contributed by atoms with E-state index in [1.165, 1.54) is 66.6 Å². The Labute approximate surface area is 199 Å². The summed E-state index contributed by atoms with van der Waals surface area (Å²) in [4.78, 5) is 5.10. The number of aliphatic hydroxyl groups excluding tert-OH is 1. The van der Waals surface area contributed by atoms with Crippen LogP contribution in [0.25, 0.3) is 11.3 Å². The second-order valence-electron chi connectivity index (χ2n) is 11.5. The molecule has 2 unspecified atom stereocenters. The van der Waals surface area contributed by atoms with Crippen LogP contribution >= 0.6 is 11.3 Å². The second-order valence-corrected chi connectivity index (χ2v) is 12.5. The molecule has 2 aliphatic carbocycles. The number of aromatic nitrogens is 1. The van der Waals surface area contributed by atoms with Crippen molar-refractivity contribution in [3.8, 4) is 11.3 Å². The minimum absolute atomic E-state index is 0.237. The van der Waals surface area contributed by atoms with E-state index in [0.717, 1.165) is 37.0 Å². The van der Waals surface area contributed by atoms with Crippen molar-refractivity contribution < 1.29 is 5.11 Å². The molecule has 0 spiro atoms. The van der Waals surface area contributed by atoms with E-state index >= 15 is 0 Å². The molecule has 0 saturated heterocycles. The lowest BCUT2D eigenvalue weighted by Gasteiger charge is -2.42. The van der Waals surface area contributed by atoms with Crippen molar-refractivity contribution >= 4 is 11.3 Å². The summed E-state index contributed by atoms with van der Waals surface area (Å²) in [5, 5.41) is 15.9. The van der Waals surface area contributed by atoms with E-state index in [4.69, 9.17) is 10.1 Å². The van der Waals surface area contributed by atoms with Gasteiger partial charge in [-0.1, -0.05) is 52.7 Å². The third kappa shape index (κ3) is 5.46. The van der Waals surface area contributed by atoms with Crippen LogP contribution in [0.5, 0.6) is 0 Å². The lowest BCUT2D eigenvalue weighted by Crippen LogP contribution is -2.33. The van der Waals surface area contributed by atoms with Crippen molar-refractivity contribution in [3.63, 3.8) is 0 Å². The van der Waals surface area contributed by atoms with Crippen molar-refractivity contribution in [1.82, 2.24) is 10.3 Å². The molecule has 0 bridgehead atoms. The van der Waals surface area contributed by atoms with Gasteiger partial charge in [-0.2, -0.15) is 0 Å². The third-order valence-electron chi connectivity index (χ3n) is 8.09. The van der Waals surface area contributed by atoms with Gasteiger partial charge in [0.2, 0.25) is 0 Å². The lowest BCUT2D eigenvalue weighted by molar-refractivity contribution is 0.285. The van der Waals surface area contributed by atoms with E-state index in [2.05, 4.69) is 56.6 Å². The molecule has 1 fully saturated rings. The van der Waals surface area contributed by atoms with Crippen molar-refractivity contribution in [3.05, 3.63) is 39.7 Å². The first-order chi connectivity index (χ1) is 15.3. The van der Waals surface area contributed by atoms with Crippen molar-refractivity contribution in [2.75, 3.05) is 19.7 Å². The van der Waals surface area contributed by atoms with E-state index < -0.39 is 0 Å². The summed E-state index contributed by atoms with van der Waals surface area (Å²) in [7, 11) is 0. The number of hydrogen-bond acceptors (Lipinski definition) is 4. The van der Waals surface area contributed by atoms with Crippen LogP contribution in [-0.2, 0) is 17.3 Å². The van der Waals surface area contributed by atoms with E-state index in [-0.39, 0.29) is 17.4 Å². The van der Waals surface area contributed by atoms with Crippen molar-refractivity contribution in [2.24, 2.45) is 11.8 Å². The predicted octanol–water partition coefficient (Wildman–Crippen LogP) is 6.48. The quantitative estimate of drug-likeness (QED) is 0.372. The molecule has 2 aliphatic rings. The van der Waals surface area contributed by atoms with Crippen LogP contribution in [0.1, 0.15) is 88.8 Å². The predicted molar refractivity (Wildman–Crippen MR) is 137 cm³/mol. The van der Waals surface area contributed by atoms with Crippen LogP contribution in [0.2, 0.25) is 0 Å². The normalized spacial score (nSPS) is 24.7. The molecule has 1 aromatic heterocycles. The van der Waals surface area contributed by atoms with Gasteiger partial charge in [-0.3, -0.25) is 0 Å². The Hall–Kier alpha value is -1.23. The molecule has 3 nitrogen and oxygen atoms in total. The molecule has 0 amide bonds. The molecule has 0 radical (unpaired) electrons. The van der Waals surface area contributed by atoms with E-state index in [1.807, 2.05) is 11.3 Å². The van der Waals surface area contributed by atoms with Gasteiger partial charge in [-0.05, 0) is 78.5 Å². The molecule has 32 heavy (non-hydrogen) atoms. The smallest absolute Gasteiger partial charge is 0.0935 e. The zero-order valence-corrected chi connectivity index (χ0v) is 21.4. The zero-order valence-electron chi connectivity index (χ0n) is 20.5. The van der Waals surface area contributed by atoms with Crippen LogP contribution < -0.4 is 5.32 Å². The summed E-state index contributed by atoms with van der Waals surface area (Å²) in [6, 6.07) is 7.11. The number of nitrogens with zero attached hydrogens (tertiary/aromatic N) is 1. The van der Waals surface area contributed by atoms with Gasteiger partial charge in [0, 0.05) is 23.9 Å². The molecule has 1 saturated carbocycles. The molecule has 2 atom stereocenters. The Morgan fingerprint density at radius 3 is 2.50 bits per heavy atom. The lowest BCUT2D eigenvalue weighted by atomic mass is 9.63. The van der Waals surface area contributed by atoms with Crippen LogP contribution in [0.15, 0.2) is 23.6 Å². The fourth-order valence-electron chi connectivity index (χ4n) is 5.78. The average molecular weight is 455 g/mol. The van der Waals surface area contributed by atoms with Crippen LogP contribution in [-0.4, -0.2) is 29.8 Å². The Balaban J connectivity index is 1.42. The number of rotatable bonds is 7. The molecule has 1 aromatic carbocycles. The molecule has 4 rings (SSSR count). The van der Waals surface area contributed by atoms with Gasteiger partial charge in [0.1, 0.15) is 0 Å². The number of aliphatic hydroxyl groups is 1. The Kier molecular flexibility index (Phi) is 7.43. The molecular weight excluding hydrogens is 412 g/mol. The Morgan fingerprint density at radius 2 is 1.72 bits per heavy atom. The van der Waals surface area contributed by atoms with E-state index in [1.54, 1.807) is 0 Å². The standard InChI is InChI=1S/C28H42N2OS/c1-27(2)12-13-28(3,4)24-17-22(10-11-23(24)27)25-19-32-26(30-25)16-20-6-5-7-21(9-8-20)18-29-14-15-31/h10-11,17,19-21,29,31H,5-9,12-16,18H2,1-4H3. The maximum atomic E-state index is 8.98. The van der Waals surface area contributed by atoms with Gasteiger partial charge in [0.15, 0.2) is 0 Å². The fraction of sp³-hybridized carbons (Fsp3) is 0.679. The van der Waals surface area contributed by atoms with Crippen LogP contribution in [0.4, 0.5) is 0 Å². The number of fused-ring (bicyclic) bond motifs is 1. The molecule has 0 aliphatic heterocycles. The first-order valence-electron chi connectivity index (χ1n) is 12.7. The summed E-state index contributed by atoms with van der Waals surface area (Å²) < 4.78 is 0. The van der Waals surface area contributed by atoms with Gasteiger partial charge >= 0.3 is 0 Å². The highest BCUT2D eigenvalue weighted by Gasteiger charge is 2.37. The van der Waals surface area contributed by atoms with E-state index in [0.29, 0.717) is 0 Å². The molecule has 2 aromatic rings. The van der Waals surface area contributed by atoms with Gasteiger partial charge in [-0.25, -0.2) is 4.98 Å². The zero-order chi connectivity index (χ0) is 22.8. The minimum Gasteiger partial charge on any atom is -0.395 e. The monoisotopic (exact) mass is 454 g/mol. The first-order valence-corrected chi connectivity index (χ1v) is 13.6. The highest BCUT2D eigenvalue weighted by Crippen LogP contribution is 2.46. The van der Waals surface area contributed by atoms with Gasteiger partial charge in [-0.15, -0.1) is 11.3 Å². The highest BCUT2D eigenvalue weighted by atomic mass is 32.1. The number of benzene rings is 1. The van der Waals surface area contributed by atoms with Crippen LogP contribution in [0.3, 0.4) is 0 Å². The highest BCUT2D eigenvalue weighted by molar-refractivity contribution is 7.09. The summed E-state index contributed by atoms with van der Waals surface area (Å²) in [6.45, 7) is 11.6. The van der Waals surface area contributed by atoms with Gasteiger partial charge in [0.25, 0.3) is 0 Å². The van der Waals surface area contributed by atoms with Gasteiger partial charge in [0.05, 0.1) is 17.3 Å². The summed E-state index contributed by atoms with van der Waals surface area (Å²) in [6.07, 6.45) is 10.2. The fourth-order valence-corrected chi connectivity index (χ4v) is 6.70. The molecule has 2 N–H and O–H groups in total. The maximum Gasteiger partial charge on any atom is 0.0935 e. The number of hydrogen-bond donors (Lipinski definition) is 2. The molecule has 4 heteroatoms. The maximum absolute atomic E-state index is 8.98. The van der Waals surface area contributed by atoms with Crippen molar-refractivity contribution in [1.29, 1.82) is 0 Å². The summed E-state index contributed by atoms with van der Waals surface area (Å²) in [5.41, 5.74) is 5.99.